The Kier molecular flexibility index (Phi) is 6.92. The average Bonchev–Trinajstić information content (AvgIpc) is 2.36. The van der Waals surface area contributed by atoms with E-state index in [-0.39, 0.29) is 23.7 Å². The van der Waals surface area contributed by atoms with Gasteiger partial charge in [0.1, 0.15) is 0 Å². The molecule has 0 aromatic rings. The van der Waals surface area contributed by atoms with Gasteiger partial charge in [-0.2, -0.15) is 0 Å². The minimum atomic E-state index is -0.00907. The summed E-state index contributed by atoms with van der Waals surface area (Å²) in [4.78, 5) is 2.45. The first-order valence-electron chi connectivity index (χ1n) is 7.98. The van der Waals surface area contributed by atoms with Gasteiger partial charge in [-0.15, -0.1) is 0 Å². The molecule has 2 atom stereocenters. The van der Waals surface area contributed by atoms with Crippen LogP contribution in [0.25, 0.3) is 0 Å². The summed E-state index contributed by atoms with van der Waals surface area (Å²) in [6.45, 7) is 16.1. The first-order valence-corrected chi connectivity index (χ1v) is 7.98. The zero-order chi connectivity index (χ0) is 15.2. The van der Waals surface area contributed by atoms with Crippen LogP contribution in [0.15, 0.2) is 0 Å². The van der Waals surface area contributed by atoms with Gasteiger partial charge >= 0.3 is 0 Å². The highest BCUT2D eigenvalue weighted by Crippen LogP contribution is 2.25. The molecule has 1 heterocycles. The lowest BCUT2D eigenvalue weighted by molar-refractivity contribution is -0.0623. The number of hydrogen-bond donors (Lipinski definition) is 2. The fraction of sp³-hybridized carbons (Fsp3) is 1.00. The van der Waals surface area contributed by atoms with Crippen molar-refractivity contribution in [2.45, 2.75) is 59.1 Å². The van der Waals surface area contributed by atoms with E-state index in [0.717, 1.165) is 32.8 Å². The summed E-state index contributed by atoms with van der Waals surface area (Å²) in [5.74, 6) is 0. The van der Waals surface area contributed by atoms with Gasteiger partial charge in [0.15, 0.2) is 0 Å². The van der Waals surface area contributed by atoms with Crippen LogP contribution in [-0.4, -0.2) is 61.0 Å². The molecule has 0 aromatic carbocycles. The molecule has 4 nitrogen and oxygen atoms in total. The number of hydrogen-bond acceptors (Lipinski definition) is 4. The number of ether oxygens (including phenoxy) is 1. The number of nitrogens with zero attached hydrogens (tertiary/aromatic N) is 1. The number of rotatable bonds is 7. The fourth-order valence-electron chi connectivity index (χ4n) is 2.88. The second-order valence-corrected chi connectivity index (χ2v) is 7.57. The smallest absolute Gasteiger partial charge is 0.0932 e. The maximum Gasteiger partial charge on any atom is 0.0932 e. The van der Waals surface area contributed by atoms with E-state index < -0.39 is 0 Å². The predicted molar refractivity (Wildman–Crippen MR) is 84.0 cm³/mol. The van der Waals surface area contributed by atoms with E-state index in [4.69, 9.17) is 4.74 Å². The second kappa shape index (κ2) is 7.74. The highest BCUT2D eigenvalue weighted by molar-refractivity contribution is 4.85. The largest absolute Gasteiger partial charge is 0.394 e. The zero-order valence-electron chi connectivity index (χ0n) is 14.0. The van der Waals surface area contributed by atoms with E-state index in [1.54, 1.807) is 0 Å². The molecule has 1 aliphatic rings. The first kappa shape index (κ1) is 17.9. The Morgan fingerprint density at radius 1 is 1.30 bits per heavy atom. The van der Waals surface area contributed by atoms with Crippen molar-refractivity contribution >= 4 is 0 Å². The minimum Gasteiger partial charge on any atom is -0.394 e. The molecule has 120 valence electrons. The minimum absolute atomic E-state index is 0.00907. The Balaban J connectivity index is 2.55. The molecule has 1 saturated heterocycles. The van der Waals surface area contributed by atoms with Gasteiger partial charge in [-0.1, -0.05) is 20.3 Å². The Morgan fingerprint density at radius 2 is 2.00 bits per heavy atom. The first-order chi connectivity index (χ1) is 9.28. The van der Waals surface area contributed by atoms with Crippen molar-refractivity contribution in [3.63, 3.8) is 0 Å². The lowest BCUT2D eigenvalue weighted by Gasteiger charge is -2.40. The molecular formula is C16H34N2O2. The van der Waals surface area contributed by atoms with Crippen molar-refractivity contribution < 1.29 is 9.84 Å². The average molecular weight is 286 g/mol. The normalized spacial score (nSPS) is 24.6. The Labute approximate surface area is 124 Å². The van der Waals surface area contributed by atoms with Gasteiger partial charge in [0.2, 0.25) is 0 Å². The zero-order valence-corrected chi connectivity index (χ0v) is 14.0. The third-order valence-electron chi connectivity index (χ3n) is 3.93. The molecule has 4 heteroatoms. The topological polar surface area (TPSA) is 44.7 Å². The standard InChI is InChI=1S/C16H34N2O2/c1-6-7-16(5,12-17-15(2,3)4)13-18-8-9-20-14(10-18)11-19/h14,17,19H,6-13H2,1-5H3. The van der Waals surface area contributed by atoms with E-state index >= 15 is 0 Å². The van der Waals surface area contributed by atoms with Crippen molar-refractivity contribution in [2.24, 2.45) is 5.41 Å². The number of aliphatic hydroxyl groups excluding tert-OH is 1. The van der Waals surface area contributed by atoms with Crippen LogP contribution in [-0.2, 0) is 4.74 Å². The summed E-state index contributed by atoms with van der Waals surface area (Å²) in [6.07, 6.45) is 2.41. The van der Waals surface area contributed by atoms with Crippen LogP contribution < -0.4 is 5.32 Å². The molecule has 2 unspecified atom stereocenters. The summed E-state index contributed by atoms with van der Waals surface area (Å²) in [6, 6.07) is 0. The van der Waals surface area contributed by atoms with Crippen LogP contribution in [0.1, 0.15) is 47.5 Å². The van der Waals surface area contributed by atoms with E-state index in [2.05, 4.69) is 44.8 Å². The van der Waals surface area contributed by atoms with Gasteiger partial charge in [0, 0.05) is 31.7 Å². The highest BCUT2D eigenvalue weighted by atomic mass is 16.5. The number of aliphatic hydroxyl groups is 1. The molecule has 0 radical (unpaired) electrons. The summed E-state index contributed by atoms with van der Waals surface area (Å²) in [7, 11) is 0. The van der Waals surface area contributed by atoms with Crippen molar-refractivity contribution in [3.8, 4) is 0 Å². The SMILES string of the molecule is CCCC(C)(CNC(C)(C)C)CN1CCOC(CO)C1. The third kappa shape index (κ3) is 6.53. The predicted octanol–water partition coefficient (Wildman–Crippen LogP) is 1.87. The third-order valence-corrected chi connectivity index (χ3v) is 3.93. The quantitative estimate of drug-likeness (QED) is 0.750. The van der Waals surface area contributed by atoms with Crippen molar-refractivity contribution in [1.82, 2.24) is 10.2 Å². The maximum atomic E-state index is 9.26. The van der Waals surface area contributed by atoms with Crippen LogP contribution >= 0.6 is 0 Å². The lowest BCUT2D eigenvalue weighted by Crippen LogP contribution is -2.51. The summed E-state index contributed by atoms with van der Waals surface area (Å²) in [5.41, 5.74) is 0.438. The lowest BCUT2D eigenvalue weighted by atomic mass is 9.83. The number of nitrogens with one attached hydrogen (secondary N) is 1. The van der Waals surface area contributed by atoms with E-state index in [1.165, 1.54) is 12.8 Å². The molecule has 1 rings (SSSR count). The van der Waals surface area contributed by atoms with Crippen molar-refractivity contribution in [3.05, 3.63) is 0 Å². The van der Waals surface area contributed by atoms with Crippen LogP contribution in [0.4, 0.5) is 0 Å². The summed E-state index contributed by atoms with van der Waals surface area (Å²) in [5, 5.41) is 12.9. The molecule has 0 saturated carbocycles. The Hall–Kier alpha value is -0.160. The molecule has 1 aliphatic heterocycles. The van der Waals surface area contributed by atoms with Gasteiger partial charge in [0.05, 0.1) is 19.3 Å². The van der Waals surface area contributed by atoms with Crippen LogP contribution in [0.3, 0.4) is 0 Å². The monoisotopic (exact) mass is 286 g/mol. The van der Waals surface area contributed by atoms with Crippen LogP contribution in [0.5, 0.6) is 0 Å². The molecule has 0 aliphatic carbocycles. The van der Waals surface area contributed by atoms with Crippen molar-refractivity contribution in [1.29, 1.82) is 0 Å². The molecule has 0 aromatic heterocycles. The molecule has 0 spiro atoms. The fourth-order valence-corrected chi connectivity index (χ4v) is 2.88. The van der Waals surface area contributed by atoms with Gasteiger partial charge < -0.3 is 15.2 Å². The van der Waals surface area contributed by atoms with Gasteiger partial charge in [0.25, 0.3) is 0 Å². The Morgan fingerprint density at radius 3 is 2.55 bits per heavy atom. The van der Waals surface area contributed by atoms with Crippen LogP contribution in [0, 0.1) is 5.41 Å². The van der Waals surface area contributed by atoms with E-state index in [9.17, 15) is 5.11 Å². The van der Waals surface area contributed by atoms with Gasteiger partial charge in [-0.25, -0.2) is 0 Å². The molecule has 0 amide bonds. The molecular weight excluding hydrogens is 252 g/mol. The molecule has 1 fully saturated rings. The molecule has 20 heavy (non-hydrogen) atoms. The summed E-state index contributed by atoms with van der Waals surface area (Å²) >= 11 is 0. The second-order valence-electron chi connectivity index (χ2n) is 7.57. The van der Waals surface area contributed by atoms with Gasteiger partial charge in [-0.05, 0) is 32.6 Å². The van der Waals surface area contributed by atoms with E-state index in [0.29, 0.717) is 0 Å². The Bertz CT molecular complexity index is 278. The van der Waals surface area contributed by atoms with Gasteiger partial charge in [-0.3, -0.25) is 4.90 Å². The molecule has 2 N–H and O–H groups in total. The van der Waals surface area contributed by atoms with Crippen LogP contribution in [0.2, 0.25) is 0 Å². The van der Waals surface area contributed by atoms with Crippen molar-refractivity contribution in [2.75, 3.05) is 39.4 Å². The highest BCUT2D eigenvalue weighted by Gasteiger charge is 2.30. The molecule has 0 bridgehead atoms. The summed E-state index contributed by atoms with van der Waals surface area (Å²) < 4.78 is 5.54. The van der Waals surface area contributed by atoms with E-state index in [1.807, 2.05) is 0 Å². The maximum absolute atomic E-state index is 9.26. The number of morpholine rings is 1.